The van der Waals surface area contributed by atoms with Gasteiger partial charge in [-0.15, -0.1) is 0 Å². The average molecular weight is 254 g/mol. The summed E-state index contributed by atoms with van der Waals surface area (Å²) in [6, 6.07) is 0. The van der Waals surface area contributed by atoms with Gasteiger partial charge in [0.15, 0.2) is 5.13 Å². The van der Waals surface area contributed by atoms with Crippen molar-refractivity contribution in [3.63, 3.8) is 0 Å². The Morgan fingerprint density at radius 1 is 1.59 bits per heavy atom. The number of aromatic nitrogens is 1. The van der Waals surface area contributed by atoms with Crippen LogP contribution in [0.4, 0.5) is 10.1 Å². The zero-order valence-electron chi connectivity index (χ0n) is 9.39. The van der Waals surface area contributed by atoms with Gasteiger partial charge in [0.2, 0.25) is 0 Å². The Bertz CT molecular complexity index is 441. The van der Waals surface area contributed by atoms with Gasteiger partial charge in [-0.1, -0.05) is 0 Å². The summed E-state index contributed by atoms with van der Waals surface area (Å²) in [5.74, 6) is 0. The van der Waals surface area contributed by atoms with Gasteiger partial charge in [0, 0.05) is 25.0 Å². The second kappa shape index (κ2) is 3.92. The molecule has 1 unspecified atom stereocenters. The summed E-state index contributed by atoms with van der Waals surface area (Å²) < 4.78 is 0. The van der Waals surface area contributed by atoms with Crippen molar-refractivity contribution < 1.29 is 4.92 Å². The fourth-order valence-corrected chi connectivity index (χ4v) is 3.49. The summed E-state index contributed by atoms with van der Waals surface area (Å²) in [5.41, 5.74) is 0.375. The van der Waals surface area contributed by atoms with Crippen LogP contribution in [0.15, 0.2) is 6.20 Å². The lowest BCUT2D eigenvalue weighted by atomic mass is 9.87. The van der Waals surface area contributed by atoms with Crippen molar-refractivity contribution in [2.75, 3.05) is 31.1 Å². The van der Waals surface area contributed by atoms with Crippen molar-refractivity contribution in [2.45, 2.75) is 12.8 Å². The highest BCUT2D eigenvalue weighted by Crippen LogP contribution is 2.40. The maximum Gasteiger partial charge on any atom is 0.345 e. The third-order valence-electron chi connectivity index (χ3n) is 3.70. The molecule has 3 heterocycles. The lowest BCUT2D eigenvalue weighted by Crippen LogP contribution is -2.28. The van der Waals surface area contributed by atoms with Gasteiger partial charge in [-0.25, -0.2) is 4.98 Å². The Kier molecular flexibility index (Phi) is 2.52. The van der Waals surface area contributed by atoms with Crippen LogP contribution in [0.3, 0.4) is 0 Å². The minimum absolute atomic E-state index is 0.130. The van der Waals surface area contributed by atoms with E-state index in [2.05, 4.69) is 15.2 Å². The molecule has 1 spiro atoms. The monoisotopic (exact) mass is 254 g/mol. The van der Waals surface area contributed by atoms with E-state index in [0.717, 1.165) is 37.7 Å². The normalized spacial score (nSPS) is 28.1. The summed E-state index contributed by atoms with van der Waals surface area (Å²) in [5, 5.41) is 14.9. The van der Waals surface area contributed by atoms with Gasteiger partial charge < -0.3 is 10.2 Å². The maximum atomic E-state index is 10.6. The van der Waals surface area contributed by atoms with Gasteiger partial charge in [0.25, 0.3) is 0 Å². The molecule has 2 aliphatic rings. The number of hydrogen-bond donors (Lipinski definition) is 1. The SMILES string of the molecule is O=[N+]([O-])c1cnc(N2CCC3(CCNC3)C2)s1. The van der Waals surface area contributed by atoms with E-state index in [1.54, 1.807) is 0 Å². The van der Waals surface area contributed by atoms with Gasteiger partial charge in [0.05, 0.1) is 4.92 Å². The quantitative estimate of drug-likeness (QED) is 0.635. The number of nitrogens with one attached hydrogen (secondary N) is 1. The van der Waals surface area contributed by atoms with Gasteiger partial charge >= 0.3 is 5.00 Å². The van der Waals surface area contributed by atoms with E-state index in [4.69, 9.17) is 0 Å². The molecule has 0 radical (unpaired) electrons. The van der Waals surface area contributed by atoms with Gasteiger partial charge in [-0.3, -0.25) is 10.1 Å². The largest absolute Gasteiger partial charge is 0.347 e. The molecule has 1 aromatic heterocycles. The van der Waals surface area contributed by atoms with Gasteiger partial charge in [-0.2, -0.15) is 0 Å². The van der Waals surface area contributed by atoms with Crippen molar-refractivity contribution in [3.05, 3.63) is 16.3 Å². The van der Waals surface area contributed by atoms with Crippen LogP contribution < -0.4 is 10.2 Å². The molecule has 0 saturated carbocycles. The summed E-state index contributed by atoms with van der Waals surface area (Å²) in [4.78, 5) is 16.6. The van der Waals surface area contributed by atoms with Crippen molar-refractivity contribution >= 4 is 21.5 Å². The molecule has 7 heteroatoms. The van der Waals surface area contributed by atoms with Crippen LogP contribution in [0.5, 0.6) is 0 Å². The minimum Gasteiger partial charge on any atom is -0.347 e. The van der Waals surface area contributed by atoms with E-state index >= 15 is 0 Å². The topological polar surface area (TPSA) is 71.3 Å². The third-order valence-corrected chi connectivity index (χ3v) is 4.71. The van der Waals surface area contributed by atoms with Gasteiger partial charge in [0.1, 0.15) is 6.20 Å². The van der Waals surface area contributed by atoms with Crippen molar-refractivity contribution in [2.24, 2.45) is 5.41 Å². The van der Waals surface area contributed by atoms with Crippen LogP contribution in [0.25, 0.3) is 0 Å². The smallest absolute Gasteiger partial charge is 0.345 e. The third kappa shape index (κ3) is 1.89. The van der Waals surface area contributed by atoms with E-state index < -0.39 is 0 Å². The Morgan fingerprint density at radius 3 is 3.12 bits per heavy atom. The molecule has 92 valence electrons. The van der Waals surface area contributed by atoms with Gasteiger partial charge in [-0.05, 0) is 30.7 Å². The van der Waals surface area contributed by atoms with Crippen LogP contribution in [-0.2, 0) is 0 Å². The number of rotatable bonds is 2. The van der Waals surface area contributed by atoms with E-state index in [1.807, 2.05) is 0 Å². The molecule has 3 rings (SSSR count). The van der Waals surface area contributed by atoms with Crippen molar-refractivity contribution in [3.8, 4) is 0 Å². The number of nitrogens with zero attached hydrogens (tertiary/aromatic N) is 3. The molecule has 1 aromatic rings. The summed E-state index contributed by atoms with van der Waals surface area (Å²) in [7, 11) is 0. The summed E-state index contributed by atoms with van der Waals surface area (Å²) in [6.45, 7) is 4.10. The van der Waals surface area contributed by atoms with Crippen LogP contribution in [0.2, 0.25) is 0 Å². The van der Waals surface area contributed by atoms with Crippen molar-refractivity contribution in [1.82, 2.24) is 10.3 Å². The van der Waals surface area contributed by atoms with E-state index in [-0.39, 0.29) is 9.92 Å². The van der Waals surface area contributed by atoms with E-state index in [1.165, 1.54) is 24.0 Å². The highest BCUT2D eigenvalue weighted by Gasteiger charge is 2.41. The summed E-state index contributed by atoms with van der Waals surface area (Å²) in [6.07, 6.45) is 3.72. The average Bonchev–Trinajstić information content (AvgIpc) is 3.01. The molecule has 0 aliphatic carbocycles. The van der Waals surface area contributed by atoms with Crippen LogP contribution in [0.1, 0.15) is 12.8 Å². The highest BCUT2D eigenvalue weighted by molar-refractivity contribution is 7.18. The van der Waals surface area contributed by atoms with Crippen LogP contribution >= 0.6 is 11.3 Å². The number of anilines is 1. The molecule has 1 N–H and O–H groups in total. The van der Waals surface area contributed by atoms with E-state index in [9.17, 15) is 10.1 Å². The molecule has 2 saturated heterocycles. The number of hydrogen-bond acceptors (Lipinski definition) is 6. The predicted molar refractivity (Wildman–Crippen MR) is 65.5 cm³/mol. The zero-order chi connectivity index (χ0) is 11.9. The standard InChI is InChI=1S/C10H14N4O2S/c15-14(16)8-5-12-9(17-8)13-4-2-10(7-13)1-3-11-6-10/h5,11H,1-4,6-7H2. The summed E-state index contributed by atoms with van der Waals surface area (Å²) >= 11 is 1.18. The second-order valence-corrected chi connectivity index (χ2v) is 5.82. The molecule has 0 aromatic carbocycles. The van der Waals surface area contributed by atoms with Crippen LogP contribution in [-0.4, -0.2) is 36.1 Å². The molecule has 17 heavy (non-hydrogen) atoms. The molecule has 0 amide bonds. The van der Waals surface area contributed by atoms with E-state index in [0.29, 0.717) is 5.41 Å². The molecular formula is C10H14N4O2S. The molecule has 2 fully saturated rings. The number of nitro groups is 1. The Hall–Kier alpha value is -1.21. The second-order valence-electron chi connectivity index (χ2n) is 4.84. The molecule has 2 aliphatic heterocycles. The molecule has 0 bridgehead atoms. The lowest BCUT2D eigenvalue weighted by Gasteiger charge is -2.22. The fourth-order valence-electron chi connectivity index (χ4n) is 2.73. The number of thiazole rings is 1. The highest BCUT2D eigenvalue weighted by atomic mass is 32.1. The predicted octanol–water partition coefficient (Wildman–Crippen LogP) is 1.24. The first-order valence-electron chi connectivity index (χ1n) is 5.74. The minimum atomic E-state index is -0.371. The Labute approximate surface area is 103 Å². The lowest BCUT2D eigenvalue weighted by molar-refractivity contribution is -0.380. The maximum absolute atomic E-state index is 10.6. The zero-order valence-corrected chi connectivity index (χ0v) is 10.2. The Morgan fingerprint density at radius 2 is 2.47 bits per heavy atom. The molecule has 1 atom stereocenters. The van der Waals surface area contributed by atoms with Crippen molar-refractivity contribution in [1.29, 1.82) is 0 Å². The van der Waals surface area contributed by atoms with Crippen LogP contribution in [0, 0.1) is 15.5 Å². The first kappa shape index (κ1) is 10.9. The first-order chi connectivity index (χ1) is 8.19. The first-order valence-corrected chi connectivity index (χ1v) is 6.56. The fraction of sp³-hybridized carbons (Fsp3) is 0.700. The molecule has 6 nitrogen and oxygen atoms in total. The molecular weight excluding hydrogens is 240 g/mol. The Balaban J connectivity index is 1.75.